The van der Waals surface area contributed by atoms with Crippen LogP contribution in [0.4, 0.5) is 0 Å². The van der Waals surface area contributed by atoms with Crippen LogP contribution in [0.1, 0.15) is 0 Å². The summed E-state index contributed by atoms with van der Waals surface area (Å²) in [6.45, 7) is 0. The molecule has 0 saturated carbocycles. The van der Waals surface area contributed by atoms with Crippen molar-refractivity contribution in [2.24, 2.45) is 0 Å². The molecule has 0 bridgehead atoms. The minimum Gasteiger partial charge on any atom is -0.263 e. The molecule has 1 rings (SSSR count). The molecule has 7 heteroatoms. The van der Waals surface area contributed by atoms with Gasteiger partial charge in [-0.25, -0.2) is 0 Å². The van der Waals surface area contributed by atoms with Crippen molar-refractivity contribution >= 4 is 15.7 Å². The Morgan fingerprint density at radius 1 is 1.50 bits per heavy atom. The summed E-state index contributed by atoms with van der Waals surface area (Å²) in [5.74, 6) is 0. The molecular formula is C7H9N2O4S+. The average Bonchev–Trinajstić information content (AvgIpc) is 2.01. The van der Waals surface area contributed by atoms with Gasteiger partial charge in [0.2, 0.25) is 0 Å². The summed E-state index contributed by atoms with van der Waals surface area (Å²) in [6.07, 6.45) is 6.67. The summed E-state index contributed by atoms with van der Waals surface area (Å²) in [7, 11) is -3.47. The predicted octanol–water partition coefficient (Wildman–Crippen LogP) is -1.76. The predicted molar refractivity (Wildman–Crippen MR) is 49.9 cm³/mol. The average molecular weight is 217 g/mol. The molecule has 1 atom stereocenters. The molecule has 0 unspecified atom stereocenters. The van der Waals surface area contributed by atoms with Gasteiger partial charge < -0.3 is 0 Å². The molecule has 0 aromatic rings. The molecule has 0 aromatic heterocycles. The number of sulfonamides is 1. The molecule has 0 saturated heterocycles. The van der Waals surface area contributed by atoms with Crippen LogP contribution in [0.2, 0.25) is 0 Å². The number of nitrogens with one attached hydrogen (secondary N) is 1. The van der Waals surface area contributed by atoms with E-state index in [-0.39, 0.29) is 5.71 Å². The summed E-state index contributed by atoms with van der Waals surface area (Å²) in [4.78, 5) is 9.95. The molecule has 1 N–H and O–H groups in total. The SMILES string of the molecule is CS(=O)(=O)/[NH+]=C1\C=CC=C[C@H]1[N+](=O)[O-]. The van der Waals surface area contributed by atoms with Crippen molar-refractivity contribution in [2.45, 2.75) is 6.04 Å². The molecule has 76 valence electrons. The van der Waals surface area contributed by atoms with E-state index in [0.29, 0.717) is 0 Å². The number of nitro groups is 1. The van der Waals surface area contributed by atoms with Crippen LogP contribution in [0.3, 0.4) is 0 Å². The minimum atomic E-state index is -3.47. The van der Waals surface area contributed by atoms with Crippen molar-refractivity contribution < 1.29 is 17.7 Å². The molecule has 1 aliphatic carbocycles. The van der Waals surface area contributed by atoms with Crippen LogP contribution in [0, 0.1) is 10.1 Å². The first kappa shape index (κ1) is 10.6. The molecule has 0 radical (unpaired) electrons. The van der Waals surface area contributed by atoms with Crippen molar-refractivity contribution in [3.8, 4) is 0 Å². The standard InChI is InChI=1S/C7H8N2O4S/c1-14(12,13)8-6-4-2-3-5-7(6)9(10)11/h2-5,7H,1H3/p+1/b8-6+/t7-/m1/s1. The van der Waals surface area contributed by atoms with Crippen LogP contribution in [0.15, 0.2) is 24.3 Å². The van der Waals surface area contributed by atoms with E-state index in [9.17, 15) is 18.5 Å². The fourth-order valence-corrected chi connectivity index (χ4v) is 1.64. The van der Waals surface area contributed by atoms with E-state index in [2.05, 4.69) is 4.40 Å². The summed E-state index contributed by atoms with van der Waals surface area (Å²) >= 11 is 0. The quantitative estimate of drug-likeness (QED) is 0.438. The zero-order valence-corrected chi connectivity index (χ0v) is 8.19. The highest BCUT2D eigenvalue weighted by molar-refractivity contribution is 7.84. The third kappa shape index (κ3) is 2.77. The van der Waals surface area contributed by atoms with Crippen LogP contribution in [0.25, 0.3) is 0 Å². The topological polar surface area (TPSA) is 91.2 Å². The lowest BCUT2D eigenvalue weighted by molar-refractivity contribution is -0.497. The maximum atomic E-state index is 10.9. The van der Waals surface area contributed by atoms with Gasteiger partial charge in [-0.05, 0) is 0 Å². The normalized spacial score (nSPS) is 24.1. The number of hydrogen-bond donors (Lipinski definition) is 1. The van der Waals surface area contributed by atoms with Crippen molar-refractivity contribution in [1.29, 1.82) is 0 Å². The molecule has 0 aliphatic heterocycles. The minimum absolute atomic E-state index is 0.0556. The Morgan fingerprint density at radius 3 is 2.64 bits per heavy atom. The molecule has 1 aliphatic rings. The molecule has 0 spiro atoms. The van der Waals surface area contributed by atoms with Gasteiger partial charge in [0.25, 0.3) is 5.71 Å². The number of hydrogen-bond acceptors (Lipinski definition) is 4. The molecule has 14 heavy (non-hydrogen) atoms. The van der Waals surface area contributed by atoms with E-state index < -0.39 is 21.0 Å². The van der Waals surface area contributed by atoms with E-state index in [1.54, 1.807) is 0 Å². The van der Waals surface area contributed by atoms with E-state index in [4.69, 9.17) is 0 Å². The molecule has 0 amide bonds. The Hall–Kier alpha value is -1.50. The Kier molecular flexibility index (Phi) is 2.80. The van der Waals surface area contributed by atoms with Crippen molar-refractivity contribution in [3.63, 3.8) is 0 Å². The summed E-state index contributed by atoms with van der Waals surface area (Å²) in [5.41, 5.74) is 0.0556. The highest BCUT2D eigenvalue weighted by atomic mass is 32.2. The lowest BCUT2D eigenvalue weighted by Gasteiger charge is -2.02. The van der Waals surface area contributed by atoms with Crippen LogP contribution in [0.5, 0.6) is 0 Å². The first-order valence-corrected chi connectivity index (χ1v) is 5.62. The van der Waals surface area contributed by atoms with Crippen molar-refractivity contribution in [3.05, 3.63) is 34.4 Å². The highest BCUT2D eigenvalue weighted by Crippen LogP contribution is 2.00. The smallest absolute Gasteiger partial charge is 0.263 e. The van der Waals surface area contributed by atoms with Crippen LogP contribution >= 0.6 is 0 Å². The van der Waals surface area contributed by atoms with Gasteiger partial charge in [-0.2, -0.15) is 8.42 Å². The fourth-order valence-electron chi connectivity index (χ4n) is 1.02. The van der Waals surface area contributed by atoms with Crippen LogP contribution in [-0.4, -0.2) is 31.4 Å². The van der Waals surface area contributed by atoms with Gasteiger partial charge in [0.15, 0.2) is 0 Å². The lowest BCUT2D eigenvalue weighted by Crippen LogP contribution is -2.78. The fraction of sp³-hybridized carbons (Fsp3) is 0.286. The van der Waals surface area contributed by atoms with E-state index in [1.165, 1.54) is 24.3 Å². The molecular weight excluding hydrogens is 208 g/mol. The second-order valence-electron chi connectivity index (χ2n) is 2.80. The molecule has 0 fully saturated rings. The first-order valence-electron chi connectivity index (χ1n) is 3.73. The summed E-state index contributed by atoms with van der Waals surface area (Å²) in [6, 6.07) is -1.12. The van der Waals surface area contributed by atoms with Gasteiger partial charge in [-0.1, -0.05) is 12.2 Å². The van der Waals surface area contributed by atoms with E-state index in [0.717, 1.165) is 6.26 Å². The number of allylic oxidation sites excluding steroid dienone is 2. The Labute approximate surface area is 80.9 Å². The lowest BCUT2D eigenvalue weighted by atomic mass is 10.1. The van der Waals surface area contributed by atoms with E-state index >= 15 is 0 Å². The van der Waals surface area contributed by atoms with Gasteiger partial charge in [0, 0.05) is 17.1 Å². The van der Waals surface area contributed by atoms with Gasteiger partial charge in [-0.15, -0.1) is 4.40 Å². The van der Waals surface area contributed by atoms with Crippen molar-refractivity contribution in [1.82, 2.24) is 0 Å². The largest absolute Gasteiger partial charge is 0.360 e. The monoisotopic (exact) mass is 217 g/mol. The van der Waals surface area contributed by atoms with Gasteiger partial charge >= 0.3 is 16.1 Å². The van der Waals surface area contributed by atoms with Crippen LogP contribution in [-0.2, 0) is 10.0 Å². The molecule has 0 aromatic carbocycles. The zero-order valence-electron chi connectivity index (χ0n) is 7.38. The third-order valence-electron chi connectivity index (χ3n) is 1.53. The zero-order chi connectivity index (χ0) is 10.8. The second kappa shape index (κ2) is 3.70. The van der Waals surface area contributed by atoms with Gasteiger partial charge in [0.05, 0.1) is 6.26 Å². The summed E-state index contributed by atoms with van der Waals surface area (Å²) in [5, 5.41) is 10.5. The first-order chi connectivity index (χ1) is 6.40. The maximum absolute atomic E-state index is 10.9. The highest BCUT2D eigenvalue weighted by Gasteiger charge is 2.30. The van der Waals surface area contributed by atoms with Gasteiger partial charge in [0.1, 0.15) is 0 Å². The third-order valence-corrected chi connectivity index (χ3v) is 2.14. The maximum Gasteiger partial charge on any atom is 0.360 e. The summed E-state index contributed by atoms with van der Waals surface area (Å²) < 4.78 is 23.8. The number of rotatable bonds is 2. The Balaban J connectivity index is 3.10. The van der Waals surface area contributed by atoms with Crippen molar-refractivity contribution in [2.75, 3.05) is 6.26 Å². The number of nitrogens with zero attached hydrogens (tertiary/aromatic N) is 1. The Bertz CT molecular complexity index is 433. The molecule has 6 nitrogen and oxygen atoms in total. The molecule has 0 heterocycles. The van der Waals surface area contributed by atoms with Gasteiger partial charge in [-0.3, -0.25) is 10.1 Å². The Morgan fingerprint density at radius 2 is 2.14 bits per heavy atom. The van der Waals surface area contributed by atoms with E-state index in [1.807, 2.05) is 0 Å². The second-order valence-corrected chi connectivity index (χ2v) is 4.55. The van der Waals surface area contributed by atoms with Crippen LogP contribution < -0.4 is 4.40 Å².